The van der Waals surface area contributed by atoms with Crippen LogP contribution in [-0.4, -0.2) is 20.7 Å². The van der Waals surface area contributed by atoms with Crippen LogP contribution in [0.4, 0.5) is 5.69 Å². The molecule has 0 saturated heterocycles. The summed E-state index contributed by atoms with van der Waals surface area (Å²) in [6.45, 7) is 0.343. The second-order valence-corrected chi connectivity index (χ2v) is 6.60. The second-order valence-electron chi connectivity index (χ2n) is 5.75. The number of benzene rings is 1. The summed E-state index contributed by atoms with van der Waals surface area (Å²) >= 11 is 1.43. The number of carbonyl (C=O) groups is 1. The Bertz CT molecular complexity index is 1010. The highest BCUT2D eigenvalue weighted by Crippen LogP contribution is 2.26. The molecular weight excluding hydrogens is 348 g/mol. The molecule has 0 N–H and O–H groups in total. The van der Waals surface area contributed by atoms with Crippen LogP contribution < -0.4 is 4.90 Å². The first-order valence-corrected chi connectivity index (χ1v) is 8.92. The zero-order chi connectivity index (χ0) is 17.9. The molecule has 0 saturated carbocycles. The van der Waals surface area contributed by atoms with E-state index in [9.17, 15) is 4.79 Å². The number of furan rings is 1. The third kappa shape index (κ3) is 3.29. The van der Waals surface area contributed by atoms with E-state index in [2.05, 4.69) is 10.1 Å². The van der Waals surface area contributed by atoms with Gasteiger partial charge in [-0.1, -0.05) is 18.2 Å². The van der Waals surface area contributed by atoms with Crippen LogP contribution in [0.15, 0.2) is 70.9 Å². The number of amides is 1. The molecule has 0 spiro atoms. The van der Waals surface area contributed by atoms with E-state index in [-0.39, 0.29) is 5.91 Å². The fourth-order valence-electron chi connectivity index (χ4n) is 2.62. The molecular formula is C19H16N4O2S. The summed E-state index contributed by atoms with van der Waals surface area (Å²) < 4.78 is 7.14. The SMILES string of the molecule is Cn1cc(-c2nc(C(=O)N(Cc3ccco3)c3ccccc3)cs2)cn1. The summed E-state index contributed by atoms with van der Waals surface area (Å²) in [5, 5.41) is 6.71. The smallest absolute Gasteiger partial charge is 0.278 e. The van der Waals surface area contributed by atoms with Gasteiger partial charge in [-0.05, 0) is 24.3 Å². The molecule has 0 aliphatic rings. The predicted molar refractivity (Wildman–Crippen MR) is 100.0 cm³/mol. The van der Waals surface area contributed by atoms with Gasteiger partial charge in [0, 0.05) is 29.9 Å². The predicted octanol–water partition coefficient (Wildman–Crippen LogP) is 3.98. The molecule has 130 valence electrons. The van der Waals surface area contributed by atoms with Crippen molar-refractivity contribution in [3.63, 3.8) is 0 Å². The monoisotopic (exact) mass is 364 g/mol. The van der Waals surface area contributed by atoms with Crippen LogP contribution in [0.1, 0.15) is 16.2 Å². The third-order valence-electron chi connectivity index (χ3n) is 3.88. The Morgan fingerprint density at radius 3 is 2.77 bits per heavy atom. The lowest BCUT2D eigenvalue weighted by molar-refractivity contribution is 0.0979. The maximum Gasteiger partial charge on any atom is 0.278 e. The Hall–Kier alpha value is -3.19. The molecule has 0 radical (unpaired) electrons. The second kappa shape index (κ2) is 6.97. The number of thiazole rings is 1. The van der Waals surface area contributed by atoms with E-state index in [1.165, 1.54) is 11.3 Å². The Balaban J connectivity index is 1.65. The van der Waals surface area contributed by atoms with E-state index >= 15 is 0 Å². The zero-order valence-electron chi connectivity index (χ0n) is 14.1. The molecule has 26 heavy (non-hydrogen) atoms. The zero-order valence-corrected chi connectivity index (χ0v) is 14.9. The Labute approximate surface area is 154 Å². The highest BCUT2D eigenvalue weighted by molar-refractivity contribution is 7.13. The molecule has 0 fully saturated rings. The van der Waals surface area contributed by atoms with Crippen LogP contribution >= 0.6 is 11.3 Å². The number of aromatic nitrogens is 3. The molecule has 0 atom stereocenters. The van der Waals surface area contributed by atoms with E-state index in [1.54, 1.807) is 27.4 Å². The first kappa shape index (κ1) is 16.3. The van der Waals surface area contributed by atoms with Crippen LogP contribution in [0.5, 0.6) is 0 Å². The summed E-state index contributed by atoms with van der Waals surface area (Å²) in [7, 11) is 1.85. The van der Waals surface area contributed by atoms with Crippen molar-refractivity contribution in [2.75, 3.05) is 4.90 Å². The molecule has 0 aliphatic heterocycles. The van der Waals surface area contributed by atoms with Crippen molar-refractivity contribution >= 4 is 22.9 Å². The molecule has 0 aliphatic carbocycles. The standard InChI is InChI=1S/C19H16N4O2S/c1-22-11-14(10-20-22)18-21-17(13-26-18)19(24)23(12-16-8-5-9-25-16)15-6-3-2-4-7-15/h2-11,13H,12H2,1H3. The number of rotatable bonds is 5. The Morgan fingerprint density at radius 2 is 2.08 bits per heavy atom. The Kier molecular flexibility index (Phi) is 4.37. The van der Waals surface area contributed by atoms with Gasteiger partial charge in [-0.25, -0.2) is 4.98 Å². The highest BCUT2D eigenvalue weighted by atomic mass is 32.1. The van der Waals surface area contributed by atoms with Crippen molar-refractivity contribution in [2.45, 2.75) is 6.54 Å². The first-order chi connectivity index (χ1) is 12.7. The van der Waals surface area contributed by atoms with Gasteiger partial charge in [0.05, 0.1) is 19.0 Å². The lowest BCUT2D eigenvalue weighted by atomic mass is 10.2. The summed E-state index contributed by atoms with van der Waals surface area (Å²) in [5.41, 5.74) is 2.10. The summed E-state index contributed by atoms with van der Waals surface area (Å²) in [5.74, 6) is 0.545. The van der Waals surface area contributed by atoms with Crippen molar-refractivity contribution in [1.82, 2.24) is 14.8 Å². The summed E-state index contributed by atoms with van der Waals surface area (Å²) in [6, 6.07) is 13.2. The van der Waals surface area contributed by atoms with Gasteiger partial charge in [0.25, 0.3) is 5.91 Å². The molecule has 1 amide bonds. The molecule has 4 aromatic rings. The Morgan fingerprint density at radius 1 is 1.23 bits per heavy atom. The van der Waals surface area contributed by atoms with Crippen molar-refractivity contribution in [3.05, 3.63) is 78.0 Å². The van der Waals surface area contributed by atoms with Crippen molar-refractivity contribution < 1.29 is 9.21 Å². The number of nitrogens with zero attached hydrogens (tertiary/aromatic N) is 4. The maximum atomic E-state index is 13.1. The number of carbonyl (C=O) groups excluding carboxylic acids is 1. The average molecular weight is 364 g/mol. The van der Waals surface area contributed by atoms with E-state index in [0.29, 0.717) is 18.0 Å². The van der Waals surface area contributed by atoms with Crippen molar-refractivity contribution in [1.29, 1.82) is 0 Å². The molecule has 6 nitrogen and oxygen atoms in total. The van der Waals surface area contributed by atoms with Crippen LogP contribution in [-0.2, 0) is 13.6 Å². The van der Waals surface area contributed by atoms with Gasteiger partial charge < -0.3 is 4.42 Å². The van der Waals surface area contributed by atoms with E-state index in [4.69, 9.17) is 4.42 Å². The minimum absolute atomic E-state index is 0.168. The quantitative estimate of drug-likeness (QED) is 0.537. The molecule has 4 rings (SSSR count). The van der Waals surface area contributed by atoms with Crippen LogP contribution in [0, 0.1) is 0 Å². The molecule has 0 bridgehead atoms. The minimum Gasteiger partial charge on any atom is -0.467 e. The van der Waals surface area contributed by atoms with Gasteiger partial charge in [0.2, 0.25) is 0 Å². The van der Waals surface area contributed by atoms with Gasteiger partial charge in [0.15, 0.2) is 0 Å². The number of aryl methyl sites for hydroxylation is 1. The highest BCUT2D eigenvalue weighted by Gasteiger charge is 2.22. The number of hydrogen-bond donors (Lipinski definition) is 0. The first-order valence-electron chi connectivity index (χ1n) is 8.04. The number of anilines is 1. The lowest BCUT2D eigenvalue weighted by Crippen LogP contribution is -2.30. The third-order valence-corrected chi connectivity index (χ3v) is 4.77. The van der Waals surface area contributed by atoms with Crippen molar-refractivity contribution in [2.24, 2.45) is 7.05 Å². The van der Waals surface area contributed by atoms with Gasteiger partial charge in [0.1, 0.15) is 16.5 Å². The van der Waals surface area contributed by atoms with Crippen LogP contribution in [0.25, 0.3) is 10.6 Å². The van der Waals surface area contributed by atoms with Gasteiger partial charge in [-0.2, -0.15) is 5.10 Å². The molecule has 7 heteroatoms. The van der Waals surface area contributed by atoms with E-state index in [1.807, 2.05) is 55.7 Å². The summed E-state index contributed by atoms with van der Waals surface area (Å²) in [6.07, 6.45) is 5.22. The molecule has 1 aromatic carbocycles. The molecule has 3 aromatic heterocycles. The fourth-order valence-corrected chi connectivity index (χ4v) is 3.39. The van der Waals surface area contributed by atoms with E-state index in [0.717, 1.165) is 16.3 Å². The number of hydrogen-bond acceptors (Lipinski definition) is 5. The van der Waals surface area contributed by atoms with E-state index < -0.39 is 0 Å². The van der Waals surface area contributed by atoms with Gasteiger partial charge in [-0.15, -0.1) is 11.3 Å². The van der Waals surface area contributed by atoms with Gasteiger partial charge >= 0.3 is 0 Å². The van der Waals surface area contributed by atoms with Crippen LogP contribution in [0.3, 0.4) is 0 Å². The van der Waals surface area contributed by atoms with Gasteiger partial charge in [-0.3, -0.25) is 14.4 Å². The van der Waals surface area contributed by atoms with Crippen molar-refractivity contribution in [3.8, 4) is 10.6 Å². The lowest BCUT2D eigenvalue weighted by Gasteiger charge is -2.20. The minimum atomic E-state index is -0.168. The fraction of sp³-hybridized carbons (Fsp3) is 0.105. The molecule has 3 heterocycles. The average Bonchev–Trinajstić information content (AvgIpc) is 3.41. The normalized spacial score (nSPS) is 10.8. The molecule has 0 unspecified atom stereocenters. The number of para-hydroxylation sites is 1. The summed E-state index contributed by atoms with van der Waals surface area (Å²) in [4.78, 5) is 19.3. The topological polar surface area (TPSA) is 64.2 Å². The van der Waals surface area contributed by atoms with Crippen LogP contribution in [0.2, 0.25) is 0 Å². The maximum absolute atomic E-state index is 13.1. The largest absolute Gasteiger partial charge is 0.467 e.